The number of hydrogen-bond donors (Lipinski definition) is 2. The van der Waals surface area contributed by atoms with E-state index >= 15 is 0 Å². The number of thioether (sulfide) groups is 1. The summed E-state index contributed by atoms with van der Waals surface area (Å²) in [7, 11) is 0. The largest absolute Gasteiger partial charge is 0.481 e. The van der Waals surface area contributed by atoms with Crippen molar-refractivity contribution in [3.63, 3.8) is 0 Å². The van der Waals surface area contributed by atoms with Gasteiger partial charge in [0.15, 0.2) is 0 Å². The molecule has 1 aliphatic heterocycles. The van der Waals surface area contributed by atoms with Crippen LogP contribution < -0.4 is 5.32 Å². The van der Waals surface area contributed by atoms with Crippen molar-refractivity contribution in [1.29, 1.82) is 0 Å². The Morgan fingerprint density at radius 1 is 1.10 bits per heavy atom. The van der Waals surface area contributed by atoms with E-state index in [1.165, 1.54) is 11.1 Å². The number of benzene rings is 2. The topological polar surface area (TPSA) is 75.6 Å². The number of carbonyl (C=O) groups excluding carboxylic acids is 1. The van der Waals surface area contributed by atoms with Gasteiger partial charge in [0, 0.05) is 12.5 Å². The van der Waals surface area contributed by atoms with Gasteiger partial charge in [-0.25, -0.2) is 4.79 Å². The molecule has 6 heteroatoms. The molecule has 2 atom stereocenters. The Bertz CT molecular complexity index is 848. The van der Waals surface area contributed by atoms with Crippen LogP contribution in [-0.4, -0.2) is 41.8 Å². The first-order chi connectivity index (χ1) is 14.1. The van der Waals surface area contributed by atoms with Gasteiger partial charge in [-0.15, -0.1) is 0 Å². The molecule has 2 aliphatic rings. The van der Waals surface area contributed by atoms with Gasteiger partial charge in [-0.1, -0.05) is 48.5 Å². The van der Waals surface area contributed by atoms with Crippen molar-refractivity contribution in [2.75, 3.05) is 24.7 Å². The molecule has 1 fully saturated rings. The SMILES string of the molecule is O=C(NCC(CC1CCSC1)C(=O)O)OCC1c2ccccc2-c2ccccc21. The molecule has 0 saturated carbocycles. The summed E-state index contributed by atoms with van der Waals surface area (Å²) in [5, 5.41) is 12.1. The number of nitrogens with one attached hydrogen (secondary N) is 1. The van der Waals surface area contributed by atoms with E-state index in [1.807, 2.05) is 36.0 Å². The van der Waals surface area contributed by atoms with E-state index in [0.29, 0.717) is 12.3 Å². The summed E-state index contributed by atoms with van der Waals surface area (Å²) in [6.45, 7) is 0.337. The van der Waals surface area contributed by atoms with Crippen LogP contribution in [0.5, 0.6) is 0 Å². The molecular weight excluding hydrogens is 386 g/mol. The minimum Gasteiger partial charge on any atom is -0.481 e. The molecular formula is C23H25NO4S. The number of carboxylic acids is 1. The molecule has 1 saturated heterocycles. The van der Waals surface area contributed by atoms with E-state index in [2.05, 4.69) is 29.6 Å². The van der Waals surface area contributed by atoms with Gasteiger partial charge in [-0.2, -0.15) is 11.8 Å². The molecule has 0 bridgehead atoms. The molecule has 2 aromatic rings. The first-order valence-corrected chi connectivity index (χ1v) is 11.2. The lowest BCUT2D eigenvalue weighted by Gasteiger charge is -2.18. The lowest BCUT2D eigenvalue weighted by molar-refractivity contribution is -0.142. The molecule has 1 amide bonds. The maximum atomic E-state index is 12.3. The van der Waals surface area contributed by atoms with Crippen LogP contribution in [0.2, 0.25) is 0 Å². The van der Waals surface area contributed by atoms with Crippen molar-refractivity contribution >= 4 is 23.8 Å². The highest BCUT2D eigenvalue weighted by atomic mass is 32.2. The van der Waals surface area contributed by atoms with Crippen LogP contribution in [0.1, 0.15) is 29.9 Å². The van der Waals surface area contributed by atoms with Crippen molar-refractivity contribution in [3.8, 4) is 11.1 Å². The van der Waals surface area contributed by atoms with Crippen LogP contribution in [-0.2, 0) is 9.53 Å². The lowest BCUT2D eigenvalue weighted by Crippen LogP contribution is -2.35. The first kappa shape index (κ1) is 19.8. The van der Waals surface area contributed by atoms with Crippen LogP contribution >= 0.6 is 11.8 Å². The fraction of sp³-hybridized carbons (Fsp3) is 0.391. The molecule has 0 radical (unpaired) electrons. The monoisotopic (exact) mass is 411 g/mol. The second-order valence-corrected chi connectivity index (χ2v) is 8.86. The quantitative estimate of drug-likeness (QED) is 0.708. The van der Waals surface area contributed by atoms with Crippen molar-refractivity contribution in [2.45, 2.75) is 18.8 Å². The molecule has 0 aromatic heterocycles. The Labute approximate surface area is 174 Å². The van der Waals surface area contributed by atoms with Gasteiger partial charge >= 0.3 is 12.1 Å². The number of alkyl carbamates (subject to hydrolysis) is 1. The summed E-state index contributed by atoms with van der Waals surface area (Å²) < 4.78 is 5.49. The van der Waals surface area contributed by atoms with Gasteiger partial charge in [0.25, 0.3) is 0 Å². The summed E-state index contributed by atoms with van der Waals surface area (Å²) >= 11 is 1.87. The molecule has 4 rings (SSSR count). The fourth-order valence-electron chi connectivity index (χ4n) is 4.30. The number of carbonyl (C=O) groups is 2. The van der Waals surface area contributed by atoms with Crippen molar-refractivity contribution < 1.29 is 19.4 Å². The van der Waals surface area contributed by atoms with Gasteiger partial charge in [0.2, 0.25) is 0 Å². The molecule has 29 heavy (non-hydrogen) atoms. The zero-order valence-corrected chi connectivity index (χ0v) is 17.0. The maximum Gasteiger partial charge on any atom is 0.407 e. The number of hydrogen-bond acceptors (Lipinski definition) is 4. The highest BCUT2D eigenvalue weighted by Gasteiger charge is 2.29. The molecule has 1 aliphatic carbocycles. The van der Waals surface area contributed by atoms with Crippen molar-refractivity contribution in [3.05, 3.63) is 59.7 Å². The average Bonchev–Trinajstić information content (AvgIpc) is 3.35. The number of amides is 1. The summed E-state index contributed by atoms with van der Waals surface area (Å²) in [6.07, 6.45) is 1.10. The smallest absolute Gasteiger partial charge is 0.407 e. The first-order valence-electron chi connectivity index (χ1n) is 10.0. The molecule has 152 valence electrons. The maximum absolute atomic E-state index is 12.3. The van der Waals surface area contributed by atoms with Gasteiger partial charge < -0.3 is 15.2 Å². The normalized spacial score (nSPS) is 18.7. The summed E-state index contributed by atoms with van der Waals surface area (Å²) in [5.41, 5.74) is 4.67. The van der Waals surface area contributed by atoms with Gasteiger partial charge in [-0.05, 0) is 52.5 Å². The Kier molecular flexibility index (Phi) is 6.09. The minimum atomic E-state index is -0.860. The van der Waals surface area contributed by atoms with E-state index in [9.17, 15) is 14.7 Å². The minimum absolute atomic E-state index is 0.000987. The summed E-state index contributed by atoms with van der Waals surface area (Å²) in [5.74, 6) is 1.09. The molecule has 2 aromatic carbocycles. The van der Waals surface area contributed by atoms with E-state index in [0.717, 1.165) is 29.1 Å². The molecule has 2 unspecified atom stereocenters. The predicted octanol–water partition coefficient (Wildman–Crippen LogP) is 4.37. The molecule has 0 spiro atoms. The highest BCUT2D eigenvalue weighted by Crippen LogP contribution is 2.44. The molecule has 5 nitrogen and oxygen atoms in total. The van der Waals surface area contributed by atoms with Crippen molar-refractivity contribution in [1.82, 2.24) is 5.32 Å². The Balaban J connectivity index is 1.34. The van der Waals surface area contributed by atoms with Gasteiger partial charge in [-0.3, -0.25) is 4.79 Å². The zero-order valence-electron chi connectivity index (χ0n) is 16.2. The van der Waals surface area contributed by atoms with E-state index in [-0.39, 0.29) is 19.1 Å². The number of fused-ring (bicyclic) bond motifs is 3. The molecule has 1 heterocycles. The van der Waals surface area contributed by atoms with E-state index in [1.54, 1.807) is 0 Å². The Hall–Kier alpha value is -2.47. The van der Waals surface area contributed by atoms with Crippen LogP contribution in [0, 0.1) is 11.8 Å². The van der Waals surface area contributed by atoms with E-state index < -0.39 is 18.0 Å². The van der Waals surface area contributed by atoms with Crippen LogP contribution in [0.15, 0.2) is 48.5 Å². The highest BCUT2D eigenvalue weighted by molar-refractivity contribution is 7.99. The number of ether oxygens (including phenoxy) is 1. The van der Waals surface area contributed by atoms with Crippen LogP contribution in [0.25, 0.3) is 11.1 Å². The predicted molar refractivity (Wildman–Crippen MR) is 114 cm³/mol. The standard InChI is InChI=1S/C23H25NO4S/c25-22(26)16(11-15-9-10-29-14-15)12-24-23(27)28-13-21-19-7-3-1-5-17(19)18-6-2-4-8-20(18)21/h1-8,15-16,21H,9-14H2,(H,24,27)(H,25,26). The van der Waals surface area contributed by atoms with Crippen molar-refractivity contribution in [2.24, 2.45) is 11.8 Å². The molecule has 2 N–H and O–H groups in total. The average molecular weight is 412 g/mol. The Morgan fingerprint density at radius 2 is 1.76 bits per heavy atom. The van der Waals surface area contributed by atoms with Gasteiger partial charge in [0.05, 0.1) is 5.92 Å². The third-order valence-corrected chi connectivity index (χ3v) is 7.06. The zero-order chi connectivity index (χ0) is 20.2. The summed E-state index contributed by atoms with van der Waals surface area (Å²) in [6, 6.07) is 16.3. The second kappa shape index (κ2) is 8.91. The second-order valence-electron chi connectivity index (χ2n) is 7.71. The number of aliphatic carboxylic acids is 1. The summed E-state index contributed by atoms with van der Waals surface area (Å²) in [4.78, 5) is 23.8. The van der Waals surface area contributed by atoms with Gasteiger partial charge in [0.1, 0.15) is 6.61 Å². The lowest BCUT2D eigenvalue weighted by atomic mass is 9.94. The Morgan fingerprint density at radius 3 is 2.34 bits per heavy atom. The number of carboxylic acid groups (broad SMARTS) is 1. The van der Waals surface area contributed by atoms with E-state index in [4.69, 9.17) is 4.74 Å². The number of rotatable bonds is 7. The third-order valence-electron chi connectivity index (χ3n) is 5.83. The van der Waals surface area contributed by atoms with Crippen LogP contribution in [0.3, 0.4) is 0 Å². The fourth-order valence-corrected chi connectivity index (χ4v) is 5.60. The van der Waals surface area contributed by atoms with Crippen LogP contribution in [0.4, 0.5) is 4.79 Å². The third kappa shape index (κ3) is 4.42.